The molecule has 0 saturated heterocycles. The van der Waals surface area contributed by atoms with Crippen molar-refractivity contribution in [1.29, 1.82) is 0 Å². The predicted octanol–water partition coefficient (Wildman–Crippen LogP) is 2.03. The number of amides is 1. The van der Waals surface area contributed by atoms with Gasteiger partial charge in [0.05, 0.1) is 10.8 Å². The average Bonchev–Trinajstić information content (AvgIpc) is 3.29. The number of hydrogen-bond acceptors (Lipinski definition) is 4. The van der Waals surface area contributed by atoms with E-state index in [9.17, 15) is 18.0 Å². The Labute approximate surface area is 142 Å². The highest BCUT2D eigenvalue weighted by molar-refractivity contribution is 7.90. The van der Waals surface area contributed by atoms with Crippen molar-refractivity contribution in [1.82, 2.24) is 4.90 Å². The highest BCUT2D eigenvalue weighted by atomic mass is 32.2. The SMILES string of the molecule is Cc1cc(S(C)(=O)=O)cc(C(=O)N(CC(C)C(=O)O)C2CC2)c1C. The van der Waals surface area contributed by atoms with Gasteiger partial charge in [-0.15, -0.1) is 0 Å². The smallest absolute Gasteiger partial charge is 0.308 e. The van der Waals surface area contributed by atoms with Crippen molar-refractivity contribution in [2.75, 3.05) is 12.8 Å². The molecular weight excluding hydrogens is 330 g/mol. The van der Waals surface area contributed by atoms with E-state index < -0.39 is 21.7 Å². The first-order chi connectivity index (χ1) is 11.0. The van der Waals surface area contributed by atoms with Crippen molar-refractivity contribution in [3.05, 3.63) is 28.8 Å². The first-order valence-corrected chi connectivity index (χ1v) is 9.76. The molecule has 1 aromatic carbocycles. The molecule has 1 fully saturated rings. The molecule has 132 valence electrons. The van der Waals surface area contributed by atoms with Crippen LogP contribution in [0.4, 0.5) is 0 Å². The molecule has 0 heterocycles. The maximum absolute atomic E-state index is 13.0. The predicted molar refractivity (Wildman–Crippen MR) is 89.9 cm³/mol. The molecule has 1 atom stereocenters. The Morgan fingerprint density at radius 2 is 1.88 bits per heavy atom. The van der Waals surface area contributed by atoms with E-state index in [1.54, 1.807) is 31.7 Å². The lowest BCUT2D eigenvalue weighted by atomic mass is 10.0. The van der Waals surface area contributed by atoms with Crippen LogP contribution in [0.1, 0.15) is 41.3 Å². The molecular formula is C17H23NO5S. The summed E-state index contributed by atoms with van der Waals surface area (Å²) in [6.07, 6.45) is 2.81. The molecule has 1 aromatic rings. The van der Waals surface area contributed by atoms with Gasteiger partial charge >= 0.3 is 5.97 Å². The number of rotatable bonds is 6. The maximum Gasteiger partial charge on any atom is 0.308 e. The fourth-order valence-corrected chi connectivity index (χ4v) is 3.30. The lowest BCUT2D eigenvalue weighted by Gasteiger charge is -2.25. The van der Waals surface area contributed by atoms with Crippen LogP contribution in [-0.2, 0) is 14.6 Å². The molecule has 1 saturated carbocycles. The third-order valence-electron chi connectivity index (χ3n) is 4.44. The van der Waals surface area contributed by atoms with Crippen molar-refractivity contribution in [2.45, 2.75) is 44.6 Å². The van der Waals surface area contributed by atoms with Gasteiger partial charge in [-0.25, -0.2) is 8.42 Å². The Morgan fingerprint density at radius 3 is 2.33 bits per heavy atom. The summed E-state index contributed by atoms with van der Waals surface area (Å²) in [4.78, 5) is 25.8. The summed E-state index contributed by atoms with van der Waals surface area (Å²) in [5.41, 5.74) is 1.78. The van der Waals surface area contributed by atoms with Crippen molar-refractivity contribution in [2.24, 2.45) is 5.92 Å². The molecule has 2 rings (SSSR count). The van der Waals surface area contributed by atoms with Gasteiger partial charge in [-0.3, -0.25) is 9.59 Å². The Hall–Kier alpha value is -1.89. The Bertz CT molecular complexity index is 780. The number of carboxylic acids is 1. The fourth-order valence-electron chi connectivity index (χ4n) is 2.57. The third-order valence-corrected chi connectivity index (χ3v) is 5.53. The monoisotopic (exact) mass is 353 g/mol. The van der Waals surface area contributed by atoms with Crippen molar-refractivity contribution < 1.29 is 23.1 Å². The number of aliphatic carboxylic acids is 1. The molecule has 0 spiro atoms. The summed E-state index contributed by atoms with van der Waals surface area (Å²) < 4.78 is 23.7. The van der Waals surface area contributed by atoms with E-state index in [2.05, 4.69) is 0 Å². The molecule has 24 heavy (non-hydrogen) atoms. The van der Waals surface area contributed by atoms with Crippen molar-refractivity contribution in [3.8, 4) is 0 Å². The van der Waals surface area contributed by atoms with Gasteiger partial charge in [0.1, 0.15) is 0 Å². The Morgan fingerprint density at radius 1 is 1.29 bits per heavy atom. The summed E-state index contributed by atoms with van der Waals surface area (Å²) in [6.45, 7) is 5.24. The van der Waals surface area contributed by atoms with E-state index in [-0.39, 0.29) is 23.4 Å². The number of carbonyl (C=O) groups is 2. The van der Waals surface area contributed by atoms with Crippen LogP contribution >= 0.6 is 0 Å². The van der Waals surface area contributed by atoms with E-state index in [1.807, 2.05) is 0 Å². The average molecular weight is 353 g/mol. The minimum atomic E-state index is -3.43. The Kier molecular flexibility index (Phi) is 5.03. The zero-order chi connectivity index (χ0) is 18.2. The number of aryl methyl sites for hydroxylation is 1. The van der Waals surface area contributed by atoms with Gasteiger partial charge < -0.3 is 10.0 Å². The lowest BCUT2D eigenvalue weighted by Crippen LogP contribution is -2.39. The normalized spacial score (nSPS) is 15.8. The molecule has 1 aliphatic carbocycles. The van der Waals surface area contributed by atoms with Crippen LogP contribution in [-0.4, -0.2) is 49.1 Å². The largest absolute Gasteiger partial charge is 0.481 e. The van der Waals surface area contributed by atoms with Crippen LogP contribution in [0.5, 0.6) is 0 Å². The van der Waals surface area contributed by atoms with E-state index >= 15 is 0 Å². The van der Waals surface area contributed by atoms with Crippen LogP contribution in [0.3, 0.4) is 0 Å². The molecule has 1 unspecified atom stereocenters. The summed E-state index contributed by atoms with van der Waals surface area (Å²) in [7, 11) is -3.43. The molecule has 0 aromatic heterocycles. The van der Waals surface area contributed by atoms with Crippen LogP contribution in [0, 0.1) is 19.8 Å². The molecule has 1 N–H and O–H groups in total. The molecule has 0 radical (unpaired) electrons. The summed E-state index contributed by atoms with van der Waals surface area (Å²) in [5, 5.41) is 9.12. The molecule has 1 aliphatic rings. The number of sulfone groups is 1. The van der Waals surface area contributed by atoms with Crippen molar-refractivity contribution in [3.63, 3.8) is 0 Å². The van der Waals surface area contributed by atoms with Crippen LogP contribution in [0.2, 0.25) is 0 Å². The number of carbonyl (C=O) groups excluding carboxylic acids is 1. The first kappa shape index (κ1) is 18.4. The molecule has 0 aliphatic heterocycles. The maximum atomic E-state index is 13.0. The molecule has 1 amide bonds. The van der Waals surface area contributed by atoms with E-state index in [0.29, 0.717) is 5.56 Å². The second kappa shape index (κ2) is 6.55. The number of carboxylic acid groups (broad SMARTS) is 1. The topological polar surface area (TPSA) is 91.8 Å². The lowest BCUT2D eigenvalue weighted by molar-refractivity contribution is -0.141. The summed E-state index contributed by atoms with van der Waals surface area (Å²) in [5.74, 6) is -1.92. The van der Waals surface area contributed by atoms with Gasteiger partial charge in [0.15, 0.2) is 9.84 Å². The van der Waals surface area contributed by atoms with E-state index in [0.717, 1.165) is 30.2 Å². The van der Waals surface area contributed by atoms with Gasteiger partial charge in [0.2, 0.25) is 0 Å². The van der Waals surface area contributed by atoms with Gasteiger partial charge in [0.25, 0.3) is 5.91 Å². The second-order valence-corrected chi connectivity index (χ2v) is 8.63. The van der Waals surface area contributed by atoms with Gasteiger partial charge in [-0.05, 0) is 49.9 Å². The minimum absolute atomic E-state index is 0.0425. The van der Waals surface area contributed by atoms with Crippen LogP contribution < -0.4 is 0 Å². The molecule has 6 nitrogen and oxygen atoms in total. The number of benzene rings is 1. The fraction of sp³-hybridized carbons (Fsp3) is 0.529. The number of hydrogen-bond donors (Lipinski definition) is 1. The third kappa shape index (κ3) is 3.95. The standard InChI is InChI=1S/C17H23NO5S/c1-10-7-14(24(4,22)23)8-15(12(10)3)16(19)18(13-5-6-13)9-11(2)17(20)21/h7-8,11,13H,5-6,9H2,1-4H3,(H,20,21). The van der Waals surface area contributed by atoms with Gasteiger partial charge in [0, 0.05) is 24.4 Å². The first-order valence-electron chi connectivity index (χ1n) is 7.87. The minimum Gasteiger partial charge on any atom is -0.481 e. The quantitative estimate of drug-likeness (QED) is 0.845. The van der Waals surface area contributed by atoms with Crippen LogP contribution in [0.25, 0.3) is 0 Å². The Balaban J connectivity index is 2.43. The number of nitrogens with zero attached hydrogens (tertiary/aromatic N) is 1. The summed E-state index contributed by atoms with van der Waals surface area (Å²) >= 11 is 0. The summed E-state index contributed by atoms with van der Waals surface area (Å²) in [6, 6.07) is 3.00. The highest BCUT2D eigenvalue weighted by Crippen LogP contribution is 2.31. The van der Waals surface area contributed by atoms with Gasteiger partial charge in [-0.2, -0.15) is 0 Å². The highest BCUT2D eigenvalue weighted by Gasteiger charge is 2.35. The zero-order valence-corrected chi connectivity index (χ0v) is 15.2. The van der Waals surface area contributed by atoms with E-state index in [4.69, 9.17) is 5.11 Å². The molecule has 7 heteroatoms. The van der Waals surface area contributed by atoms with Gasteiger partial charge in [-0.1, -0.05) is 6.92 Å². The zero-order valence-electron chi connectivity index (χ0n) is 14.4. The van der Waals surface area contributed by atoms with Crippen LogP contribution in [0.15, 0.2) is 17.0 Å². The van der Waals surface area contributed by atoms with E-state index in [1.165, 1.54) is 6.07 Å². The molecule has 0 bridgehead atoms. The van der Waals surface area contributed by atoms with Crippen molar-refractivity contribution >= 4 is 21.7 Å². The second-order valence-electron chi connectivity index (χ2n) is 6.61.